The average molecular weight is 455 g/mol. The molecule has 0 saturated carbocycles. The number of benzene rings is 1. The minimum absolute atomic E-state index is 0.430. The lowest BCUT2D eigenvalue weighted by atomic mass is 10.3. The molecule has 4 nitrogen and oxygen atoms in total. The second kappa shape index (κ2) is 7.63. The molecule has 1 aromatic carbocycles. The Kier molecular flexibility index (Phi) is 6.10. The Morgan fingerprint density at radius 1 is 1.10 bits per heavy atom. The largest absolute Gasteiger partial charge is 0.369 e. The van der Waals surface area contributed by atoms with E-state index in [9.17, 15) is 0 Å². The van der Waals surface area contributed by atoms with Crippen LogP contribution >= 0.6 is 55.1 Å². The molecule has 0 radical (unpaired) electrons. The second-order valence-electron chi connectivity index (χ2n) is 4.16. The van der Waals surface area contributed by atoms with Crippen molar-refractivity contribution < 1.29 is 0 Å². The van der Waals surface area contributed by atoms with Crippen LogP contribution in [0.2, 0.25) is 10.0 Å². The summed E-state index contributed by atoms with van der Waals surface area (Å²) in [5.74, 6) is 1.34. The van der Waals surface area contributed by atoms with Crippen molar-refractivity contribution in [3.8, 4) is 0 Å². The van der Waals surface area contributed by atoms with Crippen molar-refractivity contribution in [2.45, 2.75) is 13.3 Å². The number of aromatic nitrogens is 2. The van der Waals surface area contributed by atoms with Crippen LogP contribution in [0.4, 0.5) is 17.3 Å². The van der Waals surface area contributed by atoms with Gasteiger partial charge in [-0.15, -0.1) is 0 Å². The van der Waals surface area contributed by atoms with E-state index >= 15 is 0 Å². The predicted molar refractivity (Wildman–Crippen MR) is 96.0 cm³/mol. The third-order valence-electron chi connectivity index (χ3n) is 2.62. The summed E-state index contributed by atoms with van der Waals surface area (Å²) in [7, 11) is 0. The molecule has 8 heteroatoms. The van der Waals surface area contributed by atoms with Crippen molar-refractivity contribution in [1.82, 2.24) is 9.97 Å². The maximum atomic E-state index is 6.23. The van der Waals surface area contributed by atoms with Crippen molar-refractivity contribution in [3.63, 3.8) is 0 Å². The highest BCUT2D eigenvalue weighted by atomic mass is 79.9. The van der Waals surface area contributed by atoms with E-state index < -0.39 is 0 Å². The van der Waals surface area contributed by atoms with E-state index in [1.54, 1.807) is 0 Å². The van der Waals surface area contributed by atoms with E-state index in [2.05, 4.69) is 59.4 Å². The summed E-state index contributed by atoms with van der Waals surface area (Å²) in [6, 6.07) is 3.65. The van der Waals surface area contributed by atoms with Gasteiger partial charge in [0.05, 0.1) is 15.7 Å². The van der Waals surface area contributed by atoms with E-state index in [4.69, 9.17) is 23.2 Å². The van der Waals surface area contributed by atoms with Crippen LogP contribution in [-0.2, 0) is 0 Å². The van der Waals surface area contributed by atoms with Gasteiger partial charge < -0.3 is 10.6 Å². The number of hydrogen-bond donors (Lipinski definition) is 2. The van der Waals surface area contributed by atoms with Gasteiger partial charge in [-0.05, 0) is 50.4 Å². The molecule has 0 saturated heterocycles. The number of anilines is 3. The van der Waals surface area contributed by atoms with Gasteiger partial charge in [0, 0.05) is 11.0 Å². The summed E-state index contributed by atoms with van der Waals surface area (Å²) in [5, 5.41) is 7.25. The van der Waals surface area contributed by atoms with Gasteiger partial charge >= 0.3 is 0 Å². The van der Waals surface area contributed by atoms with E-state index in [1.165, 1.54) is 6.33 Å². The van der Waals surface area contributed by atoms with Gasteiger partial charge in [0.2, 0.25) is 0 Å². The molecule has 1 aromatic heterocycles. The third kappa shape index (κ3) is 4.00. The zero-order valence-electron chi connectivity index (χ0n) is 11.1. The Morgan fingerprint density at radius 2 is 1.81 bits per heavy atom. The molecular weight excluding hydrogens is 443 g/mol. The Hall–Kier alpha value is -0.560. The van der Waals surface area contributed by atoms with Crippen LogP contribution in [0.3, 0.4) is 0 Å². The highest BCUT2D eigenvalue weighted by Crippen LogP contribution is 2.38. The molecule has 2 aromatic rings. The molecule has 112 valence electrons. The zero-order valence-corrected chi connectivity index (χ0v) is 15.7. The number of nitrogens with one attached hydrogen (secondary N) is 2. The fourth-order valence-electron chi connectivity index (χ4n) is 1.57. The molecule has 2 rings (SSSR count). The van der Waals surface area contributed by atoms with Gasteiger partial charge in [0.1, 0.15) is 22.4 Å². The second-order valence-corrected chi connectivity index (χ2v) is 6.56. The molecule has 0 aliphatic heterocycles. The van der Waals surface area contributed by atoms with E-state index in [1.807, 2.05) is 12.1 Å². The average Bonchev–Trinajstić information content (AvgIpc) is 2.48. The van der Waals surface area contributed by atoms with Crippen molar-refractivity contribution in [3.05, 3.63) is 37.5 Å². The van der Waals surface area contributed by atoms with Crippen molar-refractivity contribution in [2.75, 3.05) is 17.2 Å². The van der Waals surface area contributed by atoms with Crippen LogP contribution in [0, 0.1) is 0 Å². The summed E-state index contributed by atoms with van der Waals surface area (Å²) < 4.78 is 1.49. The monoisotopic (exact) mass is 452 g/mol. The fourth-order valence-corrected chi connectivity index (χ4v) is 2.84. The molecule has 0 unspecified atom stereocenters. The van der Waals surface area contributed by atoms with Crippen molar-refractivity contribution in [2.24, 2.45) is 0 Å². The van der Waals surface area contributed by atoms with Crippen LogP contribution < -0.4 is 10.6 Å². The van der Waals surface area contributed by atoms with Crippen LogP contribution in [0.1, 0.15) is 13.3 Å². The standard InChI is InChI=1S/C13H12Br2Cl2N4/c1-2-5-18-12-9(15)13(20-6-19-12)21-8-4-3-7(14)10(16)11(8)17/h3-4,6H,2,5H2,1H3,(H2,18,19,20,21). The van der Waals surface area contributed by atoms with E-state index in [0.29, 0.717) is 21.6 Å². The van der Waals surface area contributed by atoms with E-state index in [-0.39, 0.29) is 0 Å². The summed E-state index contributed by atoms with van der Waals surface area (Å²) >= 11 is 19.2. The predicted octanol–water partition coefficient (Wildman–Crippen LogP) is 5.87. The Bertz CT molecular complexity index is 652. The van der Waals surface area contributed by atoms with Crippen molar-refractivity contribution >= 4 is 72.4 Å². The molecule has 0 bridgehead atoms. The molecule has 0 aliphatic carbocycles. The Balaban J connectivity index is 2.30. The topological polar surface area (TPSA) is 49.8 Å². The van der Waals surface area contributed by atoms with Crippen LogP contribution in [0.5, 0.6) is 0 Å². The summed E-state index contributed by atoms with van der Waals surface area (Å²) in [5.41, 5.74) is 0.672. The van der Waals surface area contributed by atoms with Crippen molar-refractivity contribution in [1.29, 1.82) is 0 Å². The summed E-state index contributed by atoms with van der Waals surface area (Å²) in [6.07, 6.45) is 2.49. The van der Waals surface area contributed by atoms with E-state index in [0.717, 1.165) is 27.7 Å². The maximum Gasteiger partial charge on any atom is 0.150 e. The molecule has 0 atom stereocenters. The molecule has 0 spiro atoms. The number of nitrogens with zero attached hydrogens (tertiary/aromatic N) is 2. The molecule has 1 heterocycles. The van der Waals surface area contributed by atoms with Gasteiger partial charge in [-0.1, -0.05) is 30.1 Å². The van der Waals surface area contributed by atoms with Crippen LogP contribution in [-0.4, -0.2) is 16.5 Å². The Labute approximate surface area is 149 Å². The van der Waals surface area contributed by atoms with Crippen LogP contribution in [0.25, 0.3) is 0 Å². The number of rotatable bonds is 5. The number of hydrogen-bond acceptors (Lipinski definition) is 4. The van der Waals surface area contributed by atoms with Gasteiger partial charge in [0.15, 0.2) is 0 Å². The lowest BCUT2D eigenvalue weighted by Gasteiger charge is -2.13. The first-order valence-corrected chi connectivity index (χ1v) is 8.53. The SMILES string of the molecule is CCCNc1ncnc(Nc2ccc(Br)c(Cl)c2Cl)c1Br. The first-order chi connectivity index (χ1) is 10.0. The Morgan fingerprint density at radius 3 is 2.52 bits per heavy atom. The molecule has 0 fully saturated rings. The van der Waals surface area contributed by atoms with Gasteiger partial charge in [0.25, 0.3) is 0 Å². The zero-order chi connectivity index (χ0) is 15.4. The van der Waals surface area contributed by atoms with Crippen LogP contribution in [0.15, 0.2) is 27.4 Å². The lowest BCUT2D eigenvalue weighted by molar-refractivity contribution is 0.962. The maximum absolute atomic E-state index is 6.23. The van der Waals surface area contributed by atoms with Gasteiger partial charge in [-0.2, -0.15) is 0 Å². The smallest absolute Gasteiger partial charge is 0.150 e. The molecule has 21 heavy (non-hydrogen) atoms. The first-order valence-electron chi connectivity index (χ1n) is 6.19. The molecule has 2 N–H and O–H groups in total. The first kappa shape index (κ1) is 16.8. The normalized spacial score (nSPS) is 10.5. The molecule has 0 aliphatic rings. The highest BCUT2D eigenvalue weighted by molar-refractivity contribution is 9.11. The molecular formula is C13H12Br2Cl2N4. The quantitative estimate of drug-likeness (QED) is 0.554. The van der Waals surface area contributed by atoms with Gasteiger partial charge in [-0.25, -0.2) is 9.97 Å². The lowest BCUT2D eigenvalue weighted by Crippen LogP contribution is -2.05. The minimum Gasteiger partial charge on any atom is -0.369 e. The molecule has 0 amide bonds. The summed E-state index contributed by atoms with van der Waals surface area (Å²) in [4.78, 5) is 8.41. The summed E-state index contributed by atoms with van der Waals surface area (Å²) in [6.45, 7) is 2.92. The third-order valence-corrected chi connectivity index (χ3v) is 5.14. The van der Waals surface area contributed by atoms with Gasteiger partial charge in [-0.3, -0.25) is 0 Å². The highest BCUT2D eigenvalue weighted by Gasteiger charge is 2.12. The fraction of sp³-hybridized carbons (Fsp3) is 0.231. The minimum atomic E-state index is 0.430. The number of halogens is 4.